The highest BCUT2D eigenvalue weighted by Crippen LogP contribution is 2.25. The van der Waals surface area contributed by atoms with E-state index in [1.165, 1.54) is 10.4 Å². The third-order valence-electron chi connectivity index (χ3n) is 4.41. The van der Waals surface area contributed by atoms with E-state index in [4.69, 9.17) is 0 Å². The van der Waals surface area contributed by atoms with Crippen molar-refractivity contribution in [1.82, 2.24) is 14.8 Å². The zero-order chi connectivity index (χ0) is 22.6. The molecular weight excluding hydrogens is 438 g/mol. The fourth-order valence-corrected chi connectivity index (χ4v) is 4.38. The predicted octanol–water partition coefficient (Wildman–Crippen LogP) is 2.53. The lowest BCUT2D eigenvalue weighted by molar-refractivity contribution is -0.113. The number of aromatic nitrogens is 3. The maximum absolute atomic E-state index is 12.3. The first kappa shape index (κ1) is 22.6. The van der Waals surface area contributed by atoms with Gasteiger partial charge in [0.15, 0.2) is 11.0 Å². The minimum atomic E-state index is -3.53. The summed E-state index contributed by atoms with van der Waals surface area (Å²) in [6.07, 6.45) is 1.14. The third kappa shape index (κ3) is 5.76. The molecule has 1 amide bonds. The van der Waals surface area contributed by atoms with Crippen LogP contribution in [0.15, 0.2) is 53.7 Å². The first-order chi connectivity index (χ1) is 14.6. The number of anilines is 2. The Labute approximate surface area is 185 Å². The van der Waals surface area contributed by atoms with Gasteiger partial charge in [-0.3, -0.25) is 9.10 Å². The summed E-state index contributed by atoms with van der Waals surface area (Å²) in [5.41, 5.74) is 1.78. The van der Waals surface area contributed by atoms with Crippen molar-refractivity contribution in [3.05, 3.63) is 59.9 Å². The molecule has 1 heterocycles. The summed E-state index contributed by atoms with van der Waals surface area (Å²) >= 11 is 1.16. The molecule has 3 aromatic rings. The van der Waals surface area contributed by atoms with E-state index in [1.807, 2.05) is 13.0 Å². The molecule has 0 unspecified atom stereocenters. The van der Waals surface area contributed by atoms with Crippen LogP contribution in [0, 0.1) is 6.92 Å². The van der Waals surface area contributed by atoms with E-state index in [0.717, 1.165) is 23.6 Å². The number of para-hydroxylation sites is 1. The number of benzene rings is 2. The lowest BCUT2D eigenvalue weighted by Gasteiger charge is -2.21. The lowest BCUT2D eigenvalue weighted by Crippen LogP contribution is -2.30. The van der Waals surface area contributed by atoms with Crippen LogP contribution >= 0.6 is 11.8 Å². The monoisotopic (exact) mass is 461 g/mol. The van der Waals surface area contributed by atoms with E-state index in [1.54, 1.807) is 48.0 Å². The summed E-state index contributed by atoms with van der Waals surface area (Å²) in [4.78, 5) is 12.3. The molecule has 11 heteroatoms. The van der Waals surface area contributed by atoms with Gasteiger partial charge in [-0.05, 0) is 36.8 Å². The van der Waals surface area contributed by atoms with Crippen LogP contribution in [0.25, 0.3) is 0 Å². The van der Waals surface area contributed by atoms with Gasteiger partial charge >= 0.3 is 0 Å². The van der Waals surface area contributed by atoms with Crippen molar-refractivity contribution in [2.75, 3.05) is 21.6 Å². The molecular formula is C20H23N5O4S2. The standard InChI is InChI=1S/C20H23N5O4S2/c1-14-9-10-17(26)16(11-14)21-19(27)13-30-20-23-22-18(24(20)2)12-25(31(3,28)29)15-7-5-4-6-8-15/h4-11,26H,12-13H2,1-3H3,(H,21,27). The van der Waals surface area contributed by atoms with E-state index in [0.29, 0.717) is 22.4 Å². The average molecular weight is 462 g/mol. The van der Waals surface area contributed by atoms with Crippen LogP contribution in [0.5, 0.6) is 5.75 Å². The molecule has 0 saturated heterocycles. The van der Waals surface area contributed by atoms with Gasteiger partial charge in [-0.2, -0.15) is 0 Å². The smallest absolute Gasteiger partial charge is 0.234 e. The molecule has 9 nitrogen and oxygen atoms in total. The Kier molecular flexibility index (Phi) is 6.86. The summed E-state index contributed by atoms with van der Waals surface area (Å²) < 4.78 is 27.5. The number of aryl methyl sites for hydroxylation is 1. The number of thioether (sulfide) groups is 1. The molecule has 31 heavy (non-hydrogen) atoms. The Bertz CT molecular complexity index is 1180. The second-order valence-electron chi connectivity index (χ2n) is 6.92. The molecule has 2 N–H and O–H groups in total. The highest BCUT2D eigenvalue weighted by molar-refractivity contribution is 7.99. The minimum absolute atomic E-state index is 0.00771. The maximum Gasteiger partial charge on any atom is 0.234 e. The molecule has 0 radical (unpaired) electrons. The SMILES string of the molecule is Cc1ccc(O)c(NC(=O)CSc2nnc(CN(c3ccccc3)S(C)(=O)=O)n2C)c1. The fraction of sp³-hybridized carbons (Fsp3) is 0.250. The van der Waals surface area contributed by atoms with E-state index in [2.05, 4.69) is 15.5 Å². The first-order valence-corrected chi connectivity index (χ1v) is 12.1. The van der Waals surface area contributed by atoms with Crippen molar-refractivity contribution < 1.29 is 18.3 Å². The molecule has 0 saturated carbocycles. The zero-order valence-electron chi connectivity index (χ0n) is 17.3. The van der Waals surface area contributed by atoms with Crippen LogP contribution in [0.2, 0.25) is 0 Å². The number of carbonyl (C=O) groups is 1. The van der Waals surface area contributed by atoms with Gasteiger partial charge in [-0.1, -0.05) is 36.0 Å². The molecule has 0 aliphatic carbocycles. The number of hydrogen-bond donors (Lipinski definition) is 2. The molecule has 0 aliphatic rings. The number of amides is 1. The number of phenols is 1. The summed E-state index contributed by atoms with van der Waals surface area (Å²) in [5.74, 6) is 0.172. The topological polar surface area (TPSA) is 117 Å². The summed E-state index contributed by atoms with van der Waals surface area (Å²) in [5, 5.41) is 21.2. The van der Waals surface area contributed by atoms with Crippen LogP contribution in [0.3, 0.4) is 0 Å². The zero-order valence-corrected chi connectivity index (χ0v) is 18.9. The van der Waals surface area contributed by atoms with Crippen molar-refractivity contribution >= 4 is 39.1 Å². The number of phenolic OH excluding ortho intramolecular Hbond substituents is 1. The van der Waals surface area contributed by atoms with Crippen LogP contribution in [-0.2, 0) is 28.4 Å². The highest BCUT2D eigenvalue weighted by Gasteiger charge is 2.21. The molecule has 0 fully saturated rings. The van der Waals surface area contributed by atoms with Gasteiger partial charge in [0.2, 0.25) is 15.9 Å². The van der Waals surface area contributed by atoms with Crippen molar-refractivity contribution in [2.45, 2.75) is 18.6 Å². The molecule has 164 valence electrons. The van der Waals surface area contributed by atoms with Crippen LogP contribution in [0.1, 0.15) is 11.4 Å². The van der Waals surface area contributed by atoms with Gasteiger partial charge in [0.1, 0.15) is 5.75 Å². The number of sulfonamides is 1. The summed E-state index contributed by atoms with van der Waals surface area (Å²) in [6.45, 7) is 1.87. The highest BCUT2D eigenvalue weighted by atomic mass is 32.2. The fourth-order valence-electron chi connectivity index (χ4n) is 2.80. The van der Waals surface area contributed by atoms with E-state index >= 15 is 0 Å². The van der Waals surface area contributed by atoms with Gasteiger partial charge in [0.25, 0.3) is 0 Å². The average Bonchev–Trinajstić information content (AvgIpc) is 3.06. The van der Waals surface area contributed by atoms with E-state index < -0.39 is 10.0 Å². The number of carbonyl (C=O) groups excluding carboxylic acids is 1. The minimum Gasteiger partial charge on any atom is -0.506 e. The molecule has 3 rings (SSSR count). The van der Waals surface area contributed by atoms with Gasteiger partial charge in [0, 0.05) is 7.05 Å². The predicted molar refractivity (Wildman–Crippen MR) is 121 cm³/mol. The molecule has 0 spiro atoms. The van der Waals surface area contributed by atoms with Crippen molar-refractivity contribution in [1.29, 1.82) is 0 Å². The summed E-state index contributed by atoms with van der Waals surface area (Å²) in [6, 6.07) is 13.7. The Morgan fingerprint density at radius 2 is 1.90 bits per heavy atom. The first-order valence-electron chi connectivity index (χ1n) is 9.28. The number of aromatic hydroxyl groups is 1. The molecule has 0 bridgehead atoms. The van der Waals surface area contributed by atoms with E-state index in [-0.39, 0.29) is 24.0 Å². The number of hydrogen-bond acceptors (Lipinski definition) is 7. The number of nitrogens with zero attached hydrogens (tertiary/aromatic N) is 4. The van der Waals surface area contributed by atoms with Crippen molar-refractivity contribution in [3.8, 4) is 5.75 Å². The Morgan fingerprint density at radius 1 is 1.19 bits per heavy atom. The Hall–Kier alpha value is -3.05. The van der Waals surface area contributed by atoms with Gasteiger partial charge < -0.3 is 15.0 Å². The maximum atomic E-state index is 12.3. The quantitative estimate of drug-likeness (QED) is 0.391. The van der Waals surface area contributed by atoms with E-state index in [9.17, 15) is 18.3 Å². The van der Waals surface area contributed by atoms with Crippen LogP contribution in [-0.4, -0.2) is 46.2 Å². The van der Waals surface area contributed by atoms with Crippen LogP contribution in [0.4, 0.5) is 11.4 Å². The van der Waals surface area contributed by atoms with Gasteiger partial charge in [-0.15, -0.1) is 10.2 Å². The third-order valence-corrected chi connectivity index (χ3v) is 6.57. The van der Waals surface area contributed by atoms with Gasteiger partial charge in [-0.25, -0.2) is 8.42 Å². The summed E-state index contributed by atoms with van der Waals surface area (Å²) in [7, 11) is -1.82. The molecule has 0 atom stereocenters. The largest absolute Gasteiger partial charge is 0.506 e. The molecule has 0 aliphatic heterocycles. The lowest BCUT2D eigenvalue weighted by atomic mass is 10.2. The molecule has 2 aromatic carbocycles. The Morgan fingerprint density at radius 3 is 2.58 bits per heavy atom. The number of rotatable bonds is 8. The second-order valence-corrected chi connectivity index (χ2v) is 9.77. The molecule has 1 aromatic heterocycles. The number of nitrogens with one attached hydrogen (secondary N) is 1. The van der Waals surface area contributed by atoms with Gasteiger partial charge in [0.05, 0.1) is 29.9 Å². The van der Waals surface area contributed by atoms with Crippen molar-refractivity contribution in [3.63, 3.8) is 0 Å². The Balaban J connectivity index is 1.68. The normalized spacial score (nSPS) is 11.3. The second kappa shape index (κ2) is 9.40. The van der Waals surface area contributed by atoms with Crippen LogP contribution < -0.4 is 9.62 Å². The van der Waals surface area contributed by atoms with Crippen molar-refractivity contribution in [2.24, 2.45) is 7.05 Å².